The van der Waals surface area contributed by atoms with Gasteiger partial charge in [0.1, 0.15) is 0 Å². The number of nitrogens with one attached hydrogen (secondary N) is 1. The van der Waals surface area contributed by atoms with Gasteiger partial charge in [0.2, 0.25) is 0 Å². The number of hydrogen-bond acceptors (Lipinski definition) is 3. The second-order valence-electron chi connectivity index (χ2n) is 4.56. The molecule has 1 aliphatic rings. The summed E-state index contributed by atoms with van der Waals surface area (Å²) in [5.41, 5.74) is -0.0107. The highest BCUT2D eigenvalue weighted by molar-refractivity contribution is 4.84. The van der Waals surface area contributed by atoms with Gasteiger partial charge in [-0.3, -0.25) is 0 Å². The molecule has 0 amide bonds. The molecule has 0 radical (unpaired) electrons. The van der Waals surface area contributed by atoms with E-state index in [-0.39, 0.29) is 17.8 Å². The number of hydrogen-bond donors (Lipinski definition) is 1. The first-order valence-electron chi connectivity index (χ1n) is 5.56. The Kier molecular flexibility index (Phi) is 4.35. The molecule has 0 bridgehead atoms. The largest absolute Gasteiger partial charge is 0.376 e. The van der Waals surface area contributed by atoms with Crippen molar-refractivity contribution in [3.05, 3.63) is 0 Å². The first-order valence-corrected chi connectivity index (χ1v) is 5.56. The second-order valence-corrected chi connectivity index (χ2v) is 4.56. The molecule has 84 valence electrons. The minimum Gasteiger partial charge on any atom is -0.376 e. The van der Waals surface area contributed by atoms with E-state index in [1.165, 1.54) is 0 Å². The van der Waals surface area contributed by atoms with Crippen LogP contribution >= 0.6 is 0 Å². The van der Waals surface area contributed by atoms with E-state index in [1.54, 1.807) is 0 Å². The van der Waals surface area contributed by atoms with Crippen molar-refractivity contribution in [2.75, 3.05) is 19.7 Å². The highest BCUT2D eigenvalue weighted by Crippen LogP contribution is 2.20. The van der Waals surface area contributed by atoms with Crippen LogP contribution in [0.1, 0.15) is 34.1 Å². The van der Waals surface area contributed by atoms with Crippen molar-refractivity contribution in [3.63, 3.8) is 0 Å². The summed E-state index contributed by atoms with van der Waals surface area (Å²) in [5, 5.41) is 3.40. The molecule has 14 heavy (non-hydrogen) atoms. The molecule has 1 fully saturated rings. The maximum Gasteiger partial charge on any atom is 0.0940 e. The first-order chi connectivity index (χ1) is 6.56. The second kappa shape index (κ2) is 5.10. The lowest BCUT2D eigenvalue weighted by atomic mass is 10.0. The lowest BCUT2D eigenvalue weighted by molar-refractivity contribution is -0.136. The summed E-state index contributed by atoms with van der Waals surface area (Å²) in [5.74, 6) is 0. The van der Waals surface area contributed by atoms with Crippen LogP contribution in [0.4, 0.5) is 0 Å². The third kappa shape index (κ3) is 3.56. The van der Waals surface area contributed by atoms with Crippen molar-refractivity contribution in [3.8, 4) is 0 Å². The lowest BCUT2D eigenvalue weighted by Crippen LogP contribution is -2.53. The van der Waals surface area contributed by atoms with Crippen LogP contribution < -0.4 is 5.32 Å². The van der Waals surface area contributed by atoms with E-state index in [9.17, 15) is 0 Å². The highest BCUT2D eigenvalue weighted by atomic mass is 16.6. The molecule has 0 aromatic heterocycles. The van der Waals surface area contributed by atoms with E-state index >= 15 is 0 Å². The molecule has 2 atom stereocenters. The van der Waals surface area contributed by atoms with Crippen molar-refractivity contribution >= 4 is 0 Å². The smallest absolute Gasteiger partial charge is 0.0940 e. The van der Waals surface area contributed by atoms with Gasteiger partial charge in [0.15, 0.2) is 0 Å². The highest BCUT2D eigenvalue weighted by Gasteiger charge is 2.31. The number of rotatable bonds is 4. The van der Waals surface area contributed by atoms with Crippen LogP contribution in [0.15, 0.2) is 0 Å². The molecule has 0 spiro atoms. The van der Waals surface area contributed by atoms with Crippen molar-refractivity contribution < 1.29 is 9.47 Å². The van der Waals surface area contributed by atoms with E-state index in [4.69, 9.17) is 9.47 Å². The molecular weight excluding hydrogens is 178 g/mol. The molecule has 1 N–H and O–H groups in total. The zero-order valence-corrected chi connectivity index (χ0v) is 9.80. The molecule has 0 saturated carbocycles. The minimum absolute atomic E-state index is 0.0107. The molecule has 1 saturated heterocycles. The average Bonchev–Trinajstić information content (AvgIpc) is 2.15. The molecule has 1 rings (SSSR count). The van der Waals surface area contributed by atoms with Crippen LogP contribution in [0.5, 0.6) is 0 Å². The summed E-state index contributed by atoms with van der Waals surface area (Å²) in [6.45, 7) is 11.0. The van der Waals surface area contributed by atoms with Crippen LogP contribution in [0.3, 0.4) is 0 Å². The van der Waals surface area contributed by atoms with Gasteiger partial charge >= 0.3 is 0 Å². The molecule has 2 unspecified atom stereocenters. The Hall–Kier alpha value is -0.120. The van der Waals surface area contributed by atoms with Gasteiger partial charge in [0, 0.05) is 13.1 Å². The molecule has 1 heterocycles. The van der Waals surface area contributed by atoms with Gasteiger partial charge in [-0.25, -0.2) is 0 Å². The summed E-state index contributed by atoms with van der Waals surface area (Å²) < 4.78 is 11.5. The third-order valence-corrected chi connectivity index (χ3v) is 2.69. The van der Waals surface area contributed by atoms with Gasteiger partial charge in [0.05, 0.1) is 24.4 Å². The van der Waals surface area contributed by atoms with E-state index < -0.39 is 0 Å². The Morgan fingerprint density at radius 2 is 2.29 bits per heavy atom. The summed E-state index contributed by atoms with van der Waals surface area (Å²) in [6.07, 6.45) is 1.53. The van der Waals surface area contributed by atoms with Gasteiger partial charge in [-0.05, 0) is 27.2 Å². The Bertz CT molecular complexity index is 173. The zero-order valence-electron chi connectivity index (χ0n) is 9.80. The fourth-order valence-corrected chi connectivity index (χ4v) is 1.58. The normalized spacial score (nSPS) is 33.6. The van der Waals surface area contributed by atoms with Crippen molar-refractivity contribution in [1.29, 1.82) is 0 Å². The Balaban J connectivity index is 2.33. The van der Waals surface area contributed by atoms with Crippen LogP contribution in [-0.2, 0) is 9.47 Å². The quantitative estimate of drug-likeness (QED) is 0.749. The molecule has 0 aromatic carbocycles. The van der Waals surface area contributed by atoms with Gasteiger partial charge in [0.25, 0.3) is 0 Å². The molecule has 3 nitrogen and oxygen atoms in total. The van der Waals surface area contributed by atoms with Crippen LogP contribution in [0, 0.1) is 0 Å². The van der Waals surface area contributed by atoms with Gasteiger partial charge in [-0.2, -0.15) is 0 Å². The third-order valence-electron chi connectivity index (χ3n) is 2.69. The van der Waals surface area contributed by atoms with Gasteiger partial charge in [-0.15, -0.1) is 0 Å². The predicted molar refractivity (Wildman–Crippen MR) is 57.5 cm³/mol. The Labute approximate surface area is 87.2 Å². The van der Waals surface area contributed by atoms with Gasteiger partial charge in [-0.1, -0.05) is 6.92 Å². The lowest BCUT2D eigenvalue weighted by Gasteiger charge is -2.38. The minimum atomic E-state index is -0.0107. The van der Waals surface area contributed by atoms with Crippen molar-refractivity contribution in [2.24, 2.45) is 0 Å². The standard InChI is InChI=1S/C11H23NO2/c1-5-11(4)8-12-6-10(14-11)7-13-9(2)3/h9-10,12H,5-8H2,1-4H3. The summed E-state index contributed by atoms with van der Waals surface area (Å²) in [7, 11) is 0. The maximum absolute atomic E-state index is 5.99. The number of morpholine rings is 1. The van der Waals surface area contributed by atoms with Crippen molar-refractivity contribution in [2.45, 2.75) is 51.9 Å². The molecule has 1 aliphatic heterocycles. The first kappa shape index (κ1) is 12.0. The number of ether oxygens (including phenoxy) is 2. The zero-order chi connectivity index (χ0) is 10.6. The van der Waals surface area contributed by atoms with Crippen LogP contribution in [0.25, 0.3) is 0 Å². The molecule has 0 aliphatic carbocycles. The van der Waals surface area contributed by atoms with E-state index in [0.717, 1.165) is 19.5 Å². The summed E-state index contributed by atoms with van der Waals surface area (Å²) in [4.78, 5) is 0. The topological polar surface area (TPSA) is 30.5 Å². The van der Waals surface area contributed by atoms with Crippen LogP contribution in [-0.4, -0.2) is 37.5 Å². The van der Waals surface area contributed by atoms with E-state index in [0.29, 0.717) is 6.61 Å². The van der Waals surface area contributed by atoms with Gasteiger partial charge < -0.3 is 14.8 Å². The Morgan fingerprint density at radius 1 is 1.57 bits per heavy atom. The maximum atomic E-state index is 5.99. The summed E-state index contributed by atoms with van der Waals surface area (Å²) >= 11 is 0. The fraction of sp³-hybridized carbons (Fsp3) is 1.00. The predicted octanol–water partition coefficient (Wildman–Crippen LogP) is 1.57. The van der Waals surface area contributed by atoms with Crippen molar-refractivity contribution in [1.82, 2.24) is 5.32 Å². The average molecular weight is 201 g/mol. The fourth-order valence-electron chi connectivity index (χ4n) is 1.58. The molecule has 0 aromatic rings. The van der Waals surface area contributed by atoms with Crippen LogP contribution in [0.2, 0.25) is 0 Å². The molecular formula is C11H23NO2. The van der Waals surface area contributed by atoms with E-state index in [1.807, 2.05) is 0 Å². The monoisotopic (exact) mass is 201 g/mol. The summed E-state index contributed by atoms with van der Waals surface area (Å²) in [6, 6.07) is 0. The van der Waals surface area contributed by atoms with E-state index in [2.05, 4.69) is 33.0 Å². The Morgan fingerprint density at radius 3 is 2.86 bits per heavy atom. The molecule has 3 heteroatoms. The SMILES string of the molecule is CCC1(C)CNCC(COC(C)C)O1.